The summed E-state index contributed by atoms with van der Waals surface area (Å²) in [6, 6.07) is 77.3. The first-order valence-corrected chi connectivity index (χ1v) is 18.2. The zero-order chi connectivity index (χ0) is 35.1. The highest BCUT2D eigenvalue weighted by Gasteiger charge is 2.16. The monoisotopic (exact) mass is 673 g/mol. The van der Waals surface area contributed by atoms with Crippen LogP contribution in [-0.2, 0) is 0 Å². The van der Waals surface area contributed by atoms with E-state index in [1.165, 1.54) is 76.5 Å². The van der Waals surface area contributed by atoms with Crippen LogP contribution in [0.1, 0.15) is 0 Å². The van der Waals surface area contributed by atoms with Crippen LogP contribution in [0.2, 0.25) is 0 Å². The largest absolute Gasteiger partial charge is 0.310 e. The van der Waals surface area contributed by atoms with Crippen molar-refractivity contribution in [2.45, 2.75) is 0 Å². The Hall–Kier alpha value is -6.96. The molecule has 1 nitrogen and oxygen atoms in total. The Morgan fingerprint density at radius 2 is 0.566 bits per heavy atom. The predicted octanol–water partition coefficient (Wildman–Crippen LogP) is 14.8. The Balaban J connectivity index is 1.10. The van der Waals surface area contributed by atoms with Crippen LogP contribution < -0.4 is 4.90 Å². The molecule has 0 atom stereocenters. The van der Waals surface area contributed by atoms with E-state index in [9.17, 15) is 0 Å². The lowest BCUT2D eigenvalue weighted by Gasteiger charge is -2.27. The molecule has 0 N–H and O–H groups in total. The molecular weight excluding hydrogens is 639 g/mol. The fourth-order valence-corrected chi connectivity index (χ4v) is 7.94. The summed E-state index contributed by atoms with van der Waals surface area (Å²) in [5.41, 5.74) is 10.5. The molecule has 0 spiro atoms. The topological polar surface area (TPSA) is 3.24 Å². The SMILES string of the molecule is c1ccc(-c2cccc(N(c3cccc(-c4ccc5c(ccc6ccccc65)c4)c3)c3cccc(-c4ccc5c(ccc6ccccc65)c4)c3)c2)cc1. The summed E-state index contributed by atoms with van der Waals surface area (Å²) in [4.78, 5) is 2.39. The van der Waals surface area contributed by atoms with Crippen molar-refractivity contribution in [2.24, 2.45) is 0 Å². The van der Waals surface area contributed by atoms with E-state index in [2.05, 4.69) is 217 Å². The summed E-state index contributed by atoms with van der Waals surface area (Å²) < 4.78 is 0. The maximum Gasteiger partial charge on any atom is 0.0467 e. The second kappa shape index (κ2) is 13.0. The zero-order valence-corrected chi connectivity index (χ0v) is 29.2. The van der Waals surface area contributed by atoms with Gasteiger partial charge < -0.3 is 4.90 Å². The van der Waals surface area contributed by atoms with Crippen LogP contribution in [0.25, 0.3) is 76.5 Å². The average molecular weight is 674 g/mol. The summed E-state index contributed by atoms with van der Waals surface area (Å²) >= 11 is 0. The van der Waals surface area contributed by atoms with Crippen LogP contribution in [-0.4, -0.2) is 0 Å². The smallest absolute Gasteiger partial charge is 0.0467 e. The molecule has 0 radical (unpaired) electrons. The normalized spacial score (nSPS) is 11.4. The molecule has 0 unspecified atom stereocenters. The molecule has 0 aliphatic heterocycles. The Labute approximate surface area is 309 Å². The lowest BCUT2D eigenvalue weighted by atomic mass is 9.96. The van der Waals surface area contributed by atoms with Crippen LogP contribution >= 0.6 is 0 Å². The first-order chi connectivity index (χ1) is 26.2. The van der Waals surface area contributed by atoms with Crippen molar-refractivity contribution < 1.29 is 0 Å². The van der Waals surface area contributed by atoms with E-state index >= 15 is 0 Å². The second-order valence-electron chi connectivity index (χ2n) is 13.8. The van der Waals surface area contributed by atoms with Crippen LogP contribution in [0.4, 0.5) is 17.1 Å². The highest BCUT2D eigenvalue weighted by molar-refractivity contribution is 6.09. The molecule has 0 aliphatic rings. The molecule has 0 amide bonds. The Kier molecular flexibility index (Phi) is 7.55. The van der Waals surface area contributed by atoms with Gasteiger partial charge in [0.05, 0.1) is 0 Å². The summed E-state index contributed by atoms with van der Waals surface area (Å²) in [6.07, 6.45) is 0. The van der Waals surface area contributed by atoms with Gasteiger partial charge in [0.15, 0.2) is 0 Å². The van der Waals surface area contributed by atoms with E-state index in [0.29, 0.717) is 0 Å². The third kappa shape index (κ3) is 5.69. The highest BCUT2D eigenvalue weighted by atomic mass is 15.1. The molecule has 0 saturated heterocycles. The van der Waals surface area contributed by atoms with Crippen LogP contribution in [0.5, 0.6) is 0 Å². The molecule has 53 heavy (non-hydrogen) atoms. The van der Waals surface area contributed by atoms with Crippen LogP contribution in [0.3, 0.4) is 0 Å². The van der Waals surface area contributed by atoms with Gasteiger partial charge in [-0.15, -0.1) is 0 Å². The van der Waals surface area contributed by atoms with Gasteiger partial charge in [-0.3, -0.25) is 0 Å². The molecule has 1 heteroatoms. The minimum atomic E-state index is 1.11. The van der Waals surface area contributed by atoms with E-state index in [-0.39, 0.29) is 0 Å². The van der Waals surface area contributed by atoms with Crippen molar-refractivity contribution in [3.05, 3.63) is 212 Å². The first kappa shape index (κ1) is 30.8. The van der Waals surface area contributed by atoms with Gasteiger partial charge in [-0.05, 0) is 125 Å². The van der Waals surface area contributed by atoms with E-state index in [1.807, 2.05) is 0 Å². The Morgan fingerprint density at radius 3 is 1.06 bits per heavy atom. The number of hydrogen-bond donors (Lipinski definition) is 0. The lowest BCUT2D eigenvalue weighted by molar-refractivity contribution is 1.28. The van der Waals surface area contributed by atoms with Gasteiger partial charge in [-0.1, -0.05) is 164 Å². The number of anilines is 3. The number of hydrogen-bond acceptors (Lipinski definition) is 1. The molecule has 0 bridgehead atoms. The summed E-state index contributed by atoms with van der Waals surface area (Å²) in [5.74, 6) is 0. The minimum absolute atomic E-state index is 1.11. The lowest BCUT2D eigenvalue weighted by Crippen LogP contribution is -2.10. The van der Waals surface area contributed by atoms with Crippen molar-refractivity contribution in [3.8, 4) is 33.4 Å². The molecule has 248 valence electrons. The highest BCUT2D eigenvalue weighted by Crippen LogP contribution is 2.40. The van der Waals surface area contributed by atoms with Crippen molar-refractivity contribution in [2.75, 3.05) is 4.90 Å². The minimum Gasteiger partial charge on any atom is -0.310 e. The van der Waals surface area contributed by atoms with Gasteiger partial charge in [0.1, 0.15) is 0 Å². The van der Waals surface area contributed by atoms with E-state index in [0.717, 1.165) is 17.1 Å². The molecule has 0 aliphatic carbocycles. The number of fused-ring (bicyclic) bond motifs is 6. The molecular formula is C52H35N. The number of nitrogens with zero attached hydrogens (tertiary/aromatic N) is 1. The predicted molar refractivity (Wildman–Crippen MR) is 227 cm³/mol. The summed E-state index contributed by atoms with van der Waals surface area (Å²) in [5, 5.41) is 10.2. The molecule has 0 heterocycles. The van der Waals surface area contributed by atoms with Crippen LogP contribution in [0.15, 0.2) is 212 Å². The van der Waals surface area contributed by atoms with Gasteiger partial charge >= 0.3 is 0 Å². The fraction of sp³-hybridized carbons (Fsp3) is 0. The molecule has 10 aromatic rings. The third-order valence-electron chi connectivity index (χ3n) is 10.6. The van der Waals surface area contributed by atoms with Crippen LogP contribution in [0, 0.1) is 0 Å². The molecule has 0 fully saturated rings. The van der Waals surface area contributed by atoms with Crippen molar-refractivity contribution in [1.82, 2.24) is 0 Å². The molecule has 0 aromatic heterocycles. The van der Waals surface area contributed by atoms with Gasteiger partial charge in [-0.25, -0.2) is 0 Å². The zero-order valence-electron chi connectivity index (χ0n) is 29.2. The molecule has 10 rings (SSSR count). The van der Waals surface area contributed by atoms with Crippen molar-refractivity contribution >= 4 is 60.2 Å². The fourth-order valence-electron chi connectivity index (χ4n) is 7.94. The van der Waals surface area contributed by atoms with Gasteiger partial charge in [0, 0.05) is 17.1 Å². The molecule has 0 saturated carbocycles. The van der Waals surface area contributed by atoms with E-state index in [1.54, 1.807) is 0 Å². The molecule has 10 aromatic carbocycles. The summed E-state index contributed by atoms with van der Waals surface area (Å²) in [7, 11) is 0. The van der Waals surface area contributed by atoms with E-state index < -0.39 is 0 Å². The van der Waals surface area contributed by atoms with Gasteiger partial charge in [-0.2, -0.15) is 0 Å². The maximum absolute atomic E-state index is 2.39. The Morgan fingerprint density at radius 1 is 0.208 bits per heavy atom. The second-order valence-corrected chi connectivity index (χ2v) is 13.8. The number of benzene rings is 10. The Bertz CT molecular complexity index is 2800. The van der Waals surface area contributed by atoms with E-state index in [4.69, 9.17) is 0 Å². The quantitative estimate of drug-likeness (QED) is 0.159. The average Bonchev–Trinajstić information content (AvgIpc) is 3.24. The number of rotatable bonds is 6. The first-order valence-electron chi connectivity index (χ1n) is 18.2. The van der Waals surface area contributed by atoms with Gasteiger partial charge in [0.2, 0.25) is 0 Å². The van der Waals surface area contributed by atoms with Crippen molar-refractivity contribution in [1.29, 1.82) is 0 Å². The van der Waals surface area contributed by atoms with Crippen molar-refractivity contribution in [3.63, 3.8) is 0 Å². The maximum atomic E-state index is 2.39. The van der Waals surface area contributed by atoms with Gasteiger partial charge in [0.25, 0.3) is 0 Å². The standard InChI is InChI=1S/C52H35N/c1-2-11-36(12-3-1)39-15-8-18-46(33-39)53(47-19-9-16-40(34-47)42-27-29-51-44(31-42)25-23-37-13-4-6-21-49(37)51)48-20-10-17-41(35-48)43-28-30-52-45(32-43)26-24-38-14-5-7-22-50(38)52/h1-35H. The third-order valence-corrected chi connectivity index (χ3v) is 10.6. The summed E-state index contributed by atoms with van der Waals surface area (Å²) in [6.45, 7) is 0.